The lowest BCUT2D eigenvalue weighted by atomic mass is 9.96. The van der Waals surface area contributed by atoms with Gasteiger partial charge in [0, 0.05) is 16.4 Å². The molecule has 2 aromatic carbocycles. The molecular weight excluding hydrogens is 460 g/mol. The number of methoxy groups -OCH3 is 2. The molecular formula is C24H29N2O7S+. The molecule has 34 heavy (non-hydrogen) atoms. The molecule has 0 radical (unpaired) electrons. The fraction of sp³-hybridized carbons (Fsp3) is 0.375. The quantitative estimate of drug-likeness (QED) is 0.0909. The number of fused-ring (bicyclic) bond motifs is 1. The number of hydrogen-bond donors (Lipinski definition) is 2. The van der Waals surface area contributed by atoms with Crippen molar-refractivity contribution in [1.82, 2.24) is 0 Å². The Labute approximate surface area is 204 Å². The summed E-state index contributed by atoms with van der Waals surface area (Å²) in [6, 6.07) is 8.83. The van der Waals surface area contributed by atoms with Gasteiger partial charge in [-0.2, -0.15) is 4.28 Å². The average Bonchev–Trinajstić information content (AvgIpc) is 2.82. The van der Waals surface area contributed by atoms with Crippen molar-refractivity contribution in [3.05, 3.63) is 41.5 Å². The van der Waals surface area contributed by atoms with Gasteiger partial charge in [0.15, 0.2) is 17.3 Å². The van der Waals surface area contributed by atoms with Crippen molar-refractivity contribution in [1.29, 1.82) is 0 Å². The number of carbonyl (C=O) groups excluding carboxylic acids is 2. The first-order valence-electron chi connectivity index (χ1n) is 10.7. The molecule has 1 aliphatic rings. The molecule has 0 bridgehead atoms. The minimum absolute atomic E-state index is 0.117. The predicted octanol–water partition coefficient (Wildman–Crippen LogP) is 5.13. The fourth-order valence-electron chi connectivity index (χ4n) is 3.76. The molecule has 1 aliphatic heterocycles. The topological polar surface area (TPSA) is 95.3 Å². The maximum Gasteiger partial charge on any atom is 0.412 e. The van der Waals surface area contributed by atoms with E-state index in [9.17, 15) is 9.59 Å². The summed E-state index contributed by atoms with van der Waals surface area (Å²) < 4.78 is 28.6. The summed E-state index contributed by atoms with van der Waals surface area (Å²) >= 11 is 3.94. The van der Waals surface area contributed by atoms with E-state index in [1.165, 1.54) is 25.9 Å². The Morgan fingerprint density at radius 3 is 2.62 bits per heavy atom. The minimum atomic E-state index is -0.457. The molecule has 3 rings (SSSR count). The molecule has 182 valence electrons. The second kappa shape index (κ2) is 11.1. The standard InChI is InChI=1S/C24H28N2O7S/c1-14(2)22-17-13-16(7-8-18(17)25-24(28)32-22)31-12-6-11-26(33-34)19-9-10-20(29-4)23(30-5)21(19)15(3)27/h7-11,13-14,22H,6,12H2,1-5H3,(H-,25,28,34)/p+1. The molecule has 9 nitrogen and oxygen atoms in total. The van der Waals surface area contributed by atoms with Gasteiger partial charge < -0.3 is 18.9 Å². The van der Waals surface area contributed by atoms with Crippen LogP contribution in [0, 0.1) is 5.92 Å². The first-order valence-corrected chi connectivity index (χ1v) is 11.1. The second-order valence-corrected chi connectivity index (χ2v) is 8.09. The van der Waals surface area contributed by atoms with Crippen molar-refractivity contribution in [2.75, 3.05) is 26.1 Å². The van der Waals surface area contributed by atoms with Crippen LogP contribution in [0.1, 0.15) is 49.2 Å². The van der Waals surface area contributed by atoms with Crippen LogP contribution in [0.5, 0.6) is 17.2 Å². The summed E-state index contributed by atoms with van der Waals surface area (Å²) in [6.45, 7) is 5.75. The maximum atomic E-state index is 12.3. The summed E-state index contributed by atoms with van der Waals surface area (Å²) in [7, 11) is 2.97. The number of benzene rings is 2. The van der Waals surface area contributed by atoms with Crippen LogP contribution in [0.4, 0.5) is 16.2 Å². The number of hydrogen-bond acceptors (Lipinski definition) is 8. The van der Waals surface area contributed by atoms with Crippen LogP contribution in [0.25, 0.3) is 0 Å². The molecule has 0 saturated heterocycles. The van der Waals surface area contributed by atoms with Gasteiger partial charge in [0.25, 0.3) is 5.69 Å². The smallest absolute Gasteiger partial charge is 0.412 e. The third-order valence-electron chi connectivity index (χ3n) is 5.29. The van der Waals surface area contributed by atoms with Gasteiger partial charge in [-0.15, -0.1) is 0 Å². The number of nitrogens with one attached hydrogen (secondary N) is 1. The van der Waals surface area contributed by atoms with Crippen LogP contribution in [0.15, 0.2) is 30.3 Å². The highest BCUT2D eigenvalue weighted by Gasteiger charge is 2.29. The molecule has 1 heterocycles. The van der Waals surface area contributed by atoms with Gasteiger partial charge in [0.05, 0.1) is 32.9 Å². The van der Waals surface area contributed by atoms with E-state index >= 15 is 0 Å². The molecule has 0 aliphatic carbocycles. The van der Waals surface area contributed by atoms with E-state index in [-0.39, 0.29) is 17.8 Å². The summed E-state index contributed by atoms with van der Waals surface area (Å²) in [5.41, 5.74) is 2.35. The van der Waals surface area contributed by atoms with E-state index in [0.29, 0.717) is 47.2 Å². The molecule has 0 aromatic heterocycles. The molecule has 1 unspecified atom stereocenters. The first kappa shape index (κ1) is 25.2. The van der Waals surface area contributed by atoms with Crippen LogP contribution in [0.3, 0.4) is 0 Å². The summed E-state index contributed by atoms with van der Waals surface area (Å²) in [5, 5.41) is 2.71. The van der Waals surface area contributed by atoms with E-state index in [0.717, 1.165) is 5.56 Å². The van der Waals surface area contributed by atoms with Crippen LogP contribution < -0.4 is 19.5 Å². The Kier molecular flexibility index (Phi) is 8.27. The molecule has 2 aromatic rings. The second-order valence-electron chi connectivity index (χ2n) is 7.92. The van der Waals surface area contributed by atoms with Gasteiger partial charge in [0.2, 0.25) is 6.21 Å². The third kappa shape index (κ3) is 5.39. The fourth-order valence-corrected chi connectivity index (χ4v) is 3.91. The van der Waals surface area contributed by atoms with Gasteiger partial charge in [-0.25, -0.2) is 4.79 Å². The normalized spacial score (nSPS) is 15.2. The number of rotatable bonds is 10. The largest absolute Gasteiger partial charge is 0.493 e. The zero-order valence-corrected chi connectivity index (χ0v) is 20.7. The van der Waals surface area contributed by atoms with Gasteiger partial charge >= 0.3 is 6.09 Å². The Morgan fingerprint density at radius 1 is 1.24 bits per heavy atom. The van der Waals surface area contributed by atoms with Crippen LogP contribution >= 0.6 is 12.9 Å². The van der Waals surface area contributed by atoms with E-state index in [2.05, 4.69) is 18.2 Å². The molecule has 1 amide bonds. The number of amides is 1. The van der Waals surface area contributed by atoms with E-state index in [1.54, 1.807) is 30.5 Å². The number of nitrogens with zero attached hydrogens (tertiary/aromatic N) is 1. The van der Waals surface area contributed by atoms with Crippen LogP contribution in [-0.2, 0) is 9.02 Å². The Bertz CT molecular complexity index is 1100. The third-order valence-corrected chi connectivity index (χ3v) is 5.46. The lowest BCUT2D eigenvalue weighted by molar-refractivity contribution is -0.672. The number of carbonyl (C=O) groups is 2. The van der Waals surface area contributed by atoms with Crippen molar-refractivity contribution < 1.29 is 37.6 Å². The number of Topliss-reactive ketones (excluding diaryl/α,β-unsaturated/α-hetero) is 1. The van der Waals surface area contributed by atoms with Crippen molar-refractivity contribution in [3.63, 3.8) is 0 Å². The highest BCUT2D eigenvalue weighted by molar-refractivity contribution is 7.74. The van der Waals surface area contributed by atoms with Crippen LogP contribution in [0.2, 0.25) is 0 Å². The molecule has 1 N–H and O–H groups in total. The maximum absolute atomic E-state index is 12.3. The lowest BCUT2D eigenvalue weighted by Crippen LogP contribution is -2.27. The first-order chi connectivity index (χ1) is 16.3. The number of cyclic esters (lactones) is 1. The lowest BCUT2D eigenvalue weighted by Gasteiger charge is -2.29. The SMILES string of the molecule is COc1ccc([N+](=CCCOc2ccc3c(c2)C(C(C)C)OC(=O)N3)OS)c(C(C)=O)c1OC. The number of anilines is 1. The van der Waals surface area contributed by atoms with Gasteiger partial charge in [-0.3, -0.25) is 10.1 Å². The number of ketones is 1. The summed E-state index contributed by atoms with van der Waals surface area (Å²) in [4.78, 5) is 24.1. The molecule has 1 atom stereocenters. The summed E-state index contributed by atoms with van der Waals surface area (Å²) in [5.74, 6) is 1.30. The molecule has 0 spiro atoms. The highest BCUT2D eigenvalue weighted by Crippen LogP contribution is 2.39. The Morgan fingerprint density at radius 2 is 2.00 bits per heavy atom. The van der Waals surface area contributed by atoms with Crippen LogP contribution in [-0.4, -0.2) is 43.7 Å². The molecule has 0 fully saturated rings. The van der Waals surface area contributed by atoms with Crippen molar-refractivity contribution in [2.24, 2.45) is 5.92 Å². The minimum Gasteiger partial charge on any atom is -0.493 e. The number of ether oxygens (including phenoxy) is 4. The van der Waals surface area contributed by atoms with Gasteiger partial charge in [0.1, 0.15) is 30.3 Å². The van der Waals surface area contributed by atoms with E-state index < -0.39 is 6.09 Å². The van der Waals surface area contributed by atoms with Gasteiger partial charge in [-0.05, 0) is 37.1 Å². The van der Waals surface area contributed by atoms with Crippen molar-refractivity contribution in [3.8, 4) is 17.2 Å². The highest BCUT2D eigenvalue weighted by atomic mass is 32.1. The monoisotopic (exact) mass is 489 g/mol. The number of thiol groups is 1. The van der Waals surface area contributed by atoms with E-state index in [4.69, 9.17) is 23.2 Å². The average molecular weight is 490 g/mol. The molecule has 0 saturated carbocycles. The Balaban J connectivity index is 1.76. The Hall–Kier alpha value is -3.40. The zero-order valence-electron chi connectivity index (χ0n) is 19.8. The predicted molar refractivity (Wildman–Crippen MR) is 130 cm³/mol. The summed E-state index contributed by atoms with van der Waals surface area (Å²) in [6.07, 6.45) is 1.35. The van der Waals surface area contributed by atoms with Crippen molar-refractivity contribution >= 4 is 42.4 Å². The van der Waals surface area contributed by atoms with Gasteiger partial charge in [-0.1, -0.05) is 13.8 Å². The van der Waals surface area contributed by atoms with Crippen molar-refractivity contribution in [2.45, 2.75) is 33.3 Å². The zero-order chi connectivity index (χ0) is 24.8. The van der Waals surface area contributed by atoms with E-state index in [1.807, 2.05) is 19.9 Å². The molecule has 10 heteroatoms.